The van der Waals surface area contributed by atoms with E-state index in [1.165, 1.54) is 12.1 Å². The lowest BCUT2D eigenvalue weighted by Crippen LogP contribution is -2.38. The SMILES string of the molecule is CN(C)c1ccc(C(=O)NC2CCC(CO)CC2)c(F)c1. The molecule has 1 saturated carbocycles. The number of hydrogen-bond donors (Lipinski definition) is 2. The van der Waals surface area contributed by atoms with Crippen molar-refractivity contribution in [1.29, 1.82) is 0 Å². The summed E-state index contributed by atoms with van der Waals surface area (Å²) in [5, 5.41) is 12.0. The van der Waals surface area contributed by atoms with Gasteiger partial charge in [-0.3, -0.25) is 4.79 Å². The van der Waals surface area contributed by atoms with Crippen LogP contribution in [0, 0.1) is 11.7 Å². The maximum atomic E-state index is 14.0. The minimum Gasteiger partial charge on any atom is -0.396 e. The number of nitrogens with one attached hydrogen (secondary N) is 1. The first kappa shape index (κ1) is 15.8. The van der Waals surface area contributed by atoms with E-state index in [1.807, 2.05) is 14.1 Å². The predicted octanol–water partition coefficient (Wildman–Crippen LogP) is 2.17. The van der Waals surface area contributed by atoms with Crippen LogP contribution in [0.2, 0.25) is 0 Å². The second-order valence-corrected chi connectivity index (χ2v) is 5.93. The monoisotopic (exact) mass is 294 g/mol. The van der Waals surface area contributed by atoms with Gasteiger partial charge in [0, 0.05) is 32.4 Å². The smallest absolute Gasteiger partial charge is 0.254 e. The van der Waals surface area contributed by atoms with Gasteiger partial charge >= 0.3 is 0 Å². The fourth-order valence-corrected chi connectivity index (χ4v) is 2.72. The summed E-state index contributed by atoms with van der Waals surface area (Å²) in [6.07, 6.45) is 3.50. The quantitative estimate of drug-likeness (QED) is 0.895. The summed E-state index contributed by atoms with van der Waals surface area (Å²) in [6, 6.07) is 4.71. The van der Waals surface area contributed by atoms with Crippen molar-refractivity contribution in [3.63, 3.8) is 0 Å². The van der Waals surface area contributed by atoms with E-state index in [0.717, 1.165) is 31.4 Å². The Morgan fingerprint density at radius 3 is 2.52 bits per heavy atom. The van der Waals surface area contributed by atoms with E-state index in [9.17, 15) is 9.18 Å². The number of hydrogen-bond acceptors (Lipinski definition) is 3. The average Bonchev–Trinajstić information content (AvgIpc) is 2.47. The van der Waals surface area contributed by atoms with Crippen molar-refractivity contribution in [1.82, 2.24) is 5.32 Å². The summed E-state index contributed by atoms with van der Waals surface area (Å²) in [7, 11) is 3.66. The number of nitrogens with zero attached hydrogens (tertiary/aromatic N) is 1. The number of carbonyl (C=O) groups excluding carboxylic acids is 1. The molecule has 1 aliphatic rings. The Bertz CT molecular complexity index is 497. The van der Waals surface area contributed by atoms with Gasteiger partial charge in [0.25, 0.3) is 5.91 Å². The van der Waals surface area contributed by atoms with Crippen LogP contribution in [0.4, 0.5) is 10.1 Å². The average molecular weight is 294 g/mol. The molecule has 2 rings (SSSR count). The maximum absolute atomic E-state index is 14.0. The summed E-state index contributed by atoms with van der Waals surface area (Å²) >= 11 is 0. The van der Waals surface area contributed by atoms with Crippen LogP contribution in [0.25, 0.3) is 0 Å². The zero-order chi connectivity index (χ0) is 15.4. The molecule has 1 fully saturated rings. The van der Waals surface area contributed by atoms with Gasteiger partial charge in [-0.2, -0.15) is 0 Å². The molecule has 5 heteroatoms. The summed E-state index contributed by atoms with van der Waals surface area (Å²) in [6.45, 7) is 0.210. The van der Waals surface area contributed by atoms with Crippen molar-refractivity contribution < 1.29 is 14.3 Å². The first-order valence-corrected chi connectivity index (χ1v) is 7.40. The highest BCUT2D eigenvalue weighted by Gasteiger charge is 2.23. The fourth-order valence-electron chi connectivity index (χ4n) is 2.72. The Labute approximate surface area is 125 Å². The second-order valence-electron chi connectivity index (χ2n) is 5.93. The summed E-state index contributed by atoms with van der Waals surface area (Å²) in [5.41, 5.74) is 0.817. The number of rotatable bonds is 4. The van der Waals surface area contributed by atoms with E-state index >= 15 is 0 Å². The van der Waals surface area contributed by atoms with Crippen LogP contribution in [-0.4, -0.2) is 37.8 Å². The lowest BCUT2D eigenvalue weighted by atomic mass is 9.86. The normalized spacial score (nSPS) is 21.9. The van der Waals surface area contributed by atoms with Gasteiger partial charge in [-0.15, -0.1) is 0 Å². The molecule has 0 saturated heterocycles. The molecule has 0 atom stereocenters. The summed E-state index contributed by atoms with van der Waals surface area (Å²) in [4.78, 5) is 13.9. The van der Waals surface area contributed by atoms with Crippen LogP contribution in [0.1, 0.15) is 36.0 Å². The molecule has 0 radical (unpaired) electrons. The van der Waals surface area contributed by atoms with E-state index in [1.54, 1.807) is 11.0 Å². The van der Waals surface area contributed by atoms with Crippen molar-refractivity contribution in [3.8, 4) is 0 Å². The zero-order valence-corrected chi connectivity index (χ0v) is 12.6. The van der Waals surface area contributed by atoms with Gasteiger partial charge < -0.3 is 15.3 Å². The highest BCUT2D eigenvalue weighted by Crippen LogP contribution is 2.24. The molecule has 21 heavy (non-hydrogen) atoms. The molecular weight excluding hydrogens is 271 g/mol. The molecule has 1 aromatic carbocycles. The molecule has 0 bridgehead atoms. The van der Waals surface area contributed by atoms with E-state index in [2.05, 4.69) is 5.32 Å². The largest absolute Gasteiger partial charge is 0.396 e. The first-order chi connectivity index (χ1) is 10.0. The van der Waals surface area contributed by atoms with E-state index in [4.69, 9.17) is 5.11 Å². The Balaban J connectivity index is 1.98. The van der Waals surface area contributed by atoms with E-state index < -0.39 is 5.82 Å². The van der Waals surface area contributed by atoms with Crippen LogP contribution < -0.4 is 10.2 Å². The first-order valence-electron chi connectivity index (χ1n) is 7.40. The van der Waals surface area contributed by atoms with Gasteiger partial charge in [-0.1, -0.05) is 0 Å². The number of amides is 1. The van der Waals surface area contributed by atoms with Gasteiger partial charge in [0.2, 0.25) is 0 Å². The lowest BCUT2D eigenvalue weighted by Gasteiger charge is -2.28. The number of halogens is 1. The summed E-state index contributed by atoms with van der Waals surface area (Å²) < 4.78 is 14.0. The van der Waals surface area contributed by atoms with Gasteiger partial charge in [-0.25, -0.2) is 4.39 Å². The third-order valence-electron chi connectivity index (χ3n) is 4.15. The van der Waals surface area contributed by atoms with Crippen LogP contribution in [0.3, 0.4) is 0 Å². The molecule has 0 spiro atoms. The Morgan fingerprint density at radius 1 is 1.33 bits per heavy atom. The Kier molecular flexibility index (Phi) is 5.17. The standard InChI is InChI=1S/C16H23FN2O2/c1-19(2)13-7-8-14(15(17)9-13)16(21)18-12-5-3-11(10-20)4-6-12/h7-9,11-12,20H,3-6,10H2,1-2H3,(H,18,21). The molecule has 1 amide bonds. The van der Waals surface area contributed by atoms with Crippen molar-refractivity contribution in [2.45, 2.75) is 31.7 Å². The van der Waals surface area contributed by atoms with E-state index in [0.29, 0.717) is 5.92 Å². The van der Waals surface area contributed by atoms with Crippen LogP contribution in [0.5, 0.6) is 0 Å². The zero-order valence-electron chi connectivity index (χ0n) is 12.6. The van der Waals surface area contributed by atoms with Crippen molar-refractivity contribution in [2.75, 3.05) is 25.6 Å². The fraction of sp³-hybridized carbons (Fsp3) is 0.562. The van der Waals surface area contributed by atoms with Gasteiger partial charge in [0.05, 0.1) is 5.56 Å². The highest BCUT2D eigenvalue weighted by molar-refractivity contribution is 5.95. The molecule has 2 N–H and O–H groups in total. The van der Waals surface area contributed by atoms with Crippen LogP contribution in [0.15, 0.2) is 18.2 Å². The van der Waals surface area contributed by atoms with Crippen molar-refractivity contribution in [2.24, 2.45) is 5.92 Å². The highest BCUT2D eigenvalue weighted by atomic mass is 19.1. The Hall–Kier alpha value is -1.62. The van der Waals surface area contributed by atoms with Crippen LogP contribution >= 0.6 is 0 Å². The molecule has 0 aromatic heterocycles. The second kappa shape index (κ2) is 6.89. The minimum absolute atomic E-state index is 0.0771. The maximum Gasteiger partial charge on any atom is 0.254 e. The van der Waals surface area contributed by atoms with Crippen molar-refractivity contribution >= 4 is 11.6 Å². The van der Waals surface area contributed by atoms with Gasteiger partial charge in [0.15, 0.2) is 0 Å². The van der Waals surface area contributed by atoms with Crippen LogP contribution in [-0.2, 0) is 0 Å². The number of anilines is 1. The predicted molar refractivity (Wildman–Crippen MR) is 81.0 cm³/mol. The molecule has 0 aliphatic heterocycles. The minimum atomic E-state index is -0.497. The molecule has 1 aromatic rings. The van der Waals surface area contributed by atoms with Gasteiger partial charge in [-0.05, 0) is 49.8 Å². The van der Waals surface area contributed by atoms with Crippen molar-refractivity contribution in [3.05, 3.63) is 29.6 Å². The molecule has 0 heterocycles. The number of benzene rings is 1. The Morgan fingerprint density at radius 2 is 2.00 bits per heavy atom. The third kappa shape index (κ3) is 3.94. The van der Waals surface area contributed by atoms with E-state index in [-0.39, 0.29) is 24.1 Å². The number of aliphatic hydroxyl groups excluding tert-OH is 1. The third-order valence-corrected chi connectivity index (χ3v) is 4.15. The molecule has 116 valence electrons. The topological polar surface area (TPSA) is 52.6 Å². The number of carbonyl (C=O) groups is 1. The number of aliphatic hydroxyl groups is 1. The molecular formula is C16H23FN2O2. The summed E-state index contributed by atoms with van der Waals surface area (Å²) in [5.74, 6) is -0.512. The molecule has 1 aliphatic carbocycles. The molecule has 0 unspecified atom stereocenters. The molecule has 4 nitrogen and oxygen atoms in total. The van der Waals surface area contributed by atoms with Gasteiger partial charge in [0.1, 0.15) is 5.82 Å². The lowest BCUT2D eigenvalue weighted by molar-refractivity contribution is 0.0910.